The van der Waals surface area contributed by atoms with Crippen LogP contribution in [0.15, 0.2) is 0 Å². The van der Waals surface area contributed by atoms with Crippen molar-refractivity contribution >= 4 is 11.4 Å². The Labute approximate surface area is 97.6 Å². The highest BCUT2D eigenvalue weighted by atomic mass is 16.5. The first-order valence-corrected chi connectivity index (χ1v) is 6.36. The molecule has 3 unspecified atom stereocenters. The van der Waals surface area contributed by atoms with Crippen LogP contribution in [0.5, 0.6) is 0 Å². The van der Waals surface area contributed by atoms with Crippen LogP contribution in [0.25, 0.3) is 0 Å². The van der Waals surface area contributed by atoms with Crippen LogP contribution in [0.3, 0.4) is 0 Å². The normalized spacial score (nSPS) is 38.9. The molecule has 0 aromatic rings. The van der Waals surface area contributed by atoms with Crippen molar-refractivity contribution in [1.29, 1.82) is 10.8 Å². The van der Waals surface area contributed by atoms with Crippen molar-refractivity contribution in [1.82, 2.24) is 0 Å². The van der Waals surface area contributed by atoms with Gasteiger partial charge in [0.05, 0.1) is 23.6 Å². The Hall–Kier alpha value is -0.700. The van der Waals surface area contributed by atoms with E-state index in [0.29, 0.717) is 23.3 Å². The van der Waals surface area contributed by atoms with Gasteiger partial charge in [0, 0.05) is 0 Å². The molecule has 3 heteroatoms. The molecule has 2 N–H and O–H groups in total. The summed E-state index contributed by atoms with van der Waals surface area (Å²) >= 11 is 0. The van der Waals surface area contributed by atoms with E-state index in [1.54, 1.807) is 0 Å². The number of nitrogens with one attached hydrogen (secondary N) is 2. The molecule has 16 heavy (non-hydrogen) atoms. The molecule has 0 aromatic carbocycles. The molecule has 3 nitrogen and oxygen atoms in total. The number of hydrogen-bond donors (Lipinski definition) is 2. The Morgan fingerprint density at radius 1 is 1.31 bits per heavy atom. The van der Waals surface area contributed by atoms with E-state index in [1.165, 1.54) is 12.8 Å². The monoisotopic (exact) mass is 222 g/mol. The minimum Gasteiger partial charge on any atom is -0.375 e. The Balaban J connectivity index is 2.09. The van der Waals surface area contributed by atoms with Crippen LogP contribution in [0.2, 0.25) is 0 Å². The minimum atomic E-state index is -0.0341. The van der Waals surface area contributed by atoms with Crippen molar-refractivity contribution in [2.24, 2.45) is 11.8 Å². The summed E-state index contributed by atoms with van der Waals surface area (Å²) in [5.41, 5.74) is 1.03. The first kappa shape index (κ1) is 11.8. The molecule has 0 spiro atoms. The van der Waals surface area contributed by atoms with Crippen molar-refractivity contribution in [3.05, 3.63) is 0 Å². The van der Waals surface area contributed by atoms with Crippen LogP contribution < -0.4 is 0 Å². The van der Waals surface area contributed by atoms with Crippen LogP contribution in [0.1, 0.15) is 46.0 Å². The third-order valence-corrected chi connectivity index (χ3v) is 4.26. The van der Waals surface area contributed by atoms with Crippen LogP contribution in [0.4, 0.5) is 0 Å². The molecular formula is C13H22N2O. The topological polar surface area (TPSA) is 56.9 Å². The molecule has 1 saturated heterocycles. The van der Waals surface area contributed by atoms with Crippen molar-refractivity contribution in [2.45, 2.75) is 51.6 Å². The van der Waals surface area contributed by atoms with Gasteiger partial charge in [0.1, 0.15) is 0 Å². The minimum absolute atomic E-state index is 0.0341. The van der Waals surface area contributed by atoms with Crippen molar-refractivity contribution < 1.29 is 4.74 Å². The van der Waals surface area contributed by atoms with E-state index in [0.717, 1.165) is 25.9 Å². The summed E-state index contributed by atoms with van der Waals surface area (Å²) in [7, 11) is 0. The molecule has 2 fully saturated rings. The molecule has 0 radical (unpaired) electrons. The molecule has 2 aliphatic rings. The lowest BCUT2D eigenvalue weighted by Crippen LogP contribution is -2.40. The summed E-state index contributed by atoms with van der Waals surface area (Å²) < 4.78 is 5.99. The highest BCUT2D eigenvalue weighted by Gasteiger charge is 2.48. The Morgan fingerprint density at radius 3 is 2.69 bits per heavy atom. The molecule has 1 aliphatic carbocycles. The lowest BCUT2D eigenvalue weighted by atomic mass is 9.70. The van der Waals surface area contributed by atoms with E-state index in [4.69, 9.17) is 15.6 Å². The molecular weight excluding hydrogens is 200 g/mol. The lowest BCUT2D eigenvalue weighted by Gasteiger charge is -2.35. The van der Waals surface area contributed by atoms with Gasteiger partial charge in [0.25, 0.3) is 0 Å². The largest absolute Gasteiger partial charge is 0.375 e. The van der Waals surface area contributed by atoms with Gasteiger partial charge in [-0.2, -0.15) is 0 Å². The zero-order valence-electron chi connectivity index (χ0n) is 10.3. The predicted octanol–water partition coefficient (Wildman–Crippen LogP) is 3.03. The molecule has 3 atom stereocenters. The summed E-state index contributed by atoms with van der Waals surface area (Å²) in [6.45, 7) is 5.20. The fraction of sp³-hybridized carbons (Fsp3) is 0.846. The number of fused-ring (bicyclic) bond motifs is 1. The van der Waals surface area contributed by atoms with Crippen LogP contribution in [-0.4, -0.2) is 23.6 Å². The van der Waals surface area contributed by atoms with Crippen molar-refractivity contribution in [2.75, 3.05) is 6.61 Å². The molecule has 90 valence electrons. The summed E-state index contributed by atoms with van der Waals surface area (Å²) in [6.07, 6.45) is 5.01. The van der Waals surface area contributed by atoms with Gasteiger partial charge in [-0.3, -0.25) is 0 Å². The van der Waals surface area contributed by atoms with Gasteiger partial charge in [0.2, 0.25) is 0 Å². The van der Waals surface area contributed by atoms with E-state index in [9.17, 15) is 0 Å². The van der Waals surface area contributed by atoms with Crippen molar-refractivity contribution in [3.63, 3.8) is 0 Å². The zero-order valence-corrected chi connectivity index (χ0v) is 10.3. The van der Waals surface area contributed by atoms with Gasteiger partial charge >= 0.3 is 0 Å². The standard InChI is InChI=1S/C13H22N2O/c1-3-4-5-13(2)10-7-12(15)11(14)6-9(10)8-16-13/h9-10,14-15H,3-8H2,1-2H3. The molecule has 2 rings (SSSR count). The summed E-state index contributed by atoms with van der Waals surface area (Å²) in [4.78, 5) is 0. The second kappa shape index (κ2) is 4.28. The van der Waals surface area contributed by atoms with Gasteiger partial charge in [-0.25, -0.2) is 0 Å². The highest BCUT2D eigenvalue weighted by Crippen LogP contribution is 2.45. The number of rotatable bonds is 3. The van der Waals surface area contributed by atoms with E-state index < -0.39 is 0 Å². The maximum atomic E-state index is 7.82. The Bertz CT molecular complexity index is 313. The third-order valence-electron chi connectivity index (χ3n) is 4.26. The average Bonchev–Trinajstić information content (AvgIpc) is 2.56. The Kier molecular flexibility index (Phi) is 3.15. The highest BCUT2D eigenvalue weighted by molar-refractivity contribution is 6.40. The van der Waals surface area contributed by atoms with Crippen LogP contribution >= 0.6 is 0 Å². The second-order valence-electron chi connectivity index (χ2n) is 5.46. The molecule has 0 amide bonds. The number of hydrogen-bond acceptors (Lipinski definition) is 3. The summed E-state index contributed by atoms with van der Waals surface area (Å²) in [5, 5.41) is 15.6. The number of ether oxygens (including phenoxy) is 1. The second-order valence-corrected chi connectivity index (χ2v) is 5.46. The summed E-state index contributed by atoms with van der Waals surface area (Å²) in [6, 6.07) is 0. The van der Waals surface area contributed by atoms with Gasteiger partial charge in [-0.15, -0.1) is 0 Å². The molecule has 1 heterocycles. The zero-order chi connectivity index (χ0) is 11.8. The quantitative estimate of drug-likeness (QED) is 0.757. The summed E-state index contributed by atoms with van der Waals surface area (Å²) in [5.74, 6) is 0.962. The van der Waals surface area contributed by atoms with Gasteiger partial charge < -0.3 is 15.6 Å². The average molecular weight is 222 g/mol. The first-order chi connectivity index (χ1) is 7.57. The molecule has 1 saturated carbocycles. The number of unbranched alkanes of at least 4 members (excludes halogenated alkanes) is 1. The van der Waals surface area contributed by atoms with E-state index in [1.807, 2.05) is 0 Å². The maximum Gasteiger partial charge on any atom is 0.0690 e. The van der Waals surface area contributed by atoms with Gasteiger partial charge in [-0.1, -0.05) is 19.8 Å². The fourth-order valence-corrected chi connectivity index (χ4v) is 3.12. The van der Waals surface area contributed by atoms with Crippen LogP contribution in [-0.2, 0) is 4.74 Å². The van der Waals surface area contributed by atoms with Crippen LogP contribution in [0, 0.1) is 22.7 Å². The first-order valence-electron chi connectivity index (χ1n) is 6.36. The third kappa shape index (κ3) is 1.93. The van der Waals surface area contributed by atoms with Gasteiger partial charge in [-0.05, 0) is 38.0 Å². The van der Waals surface area contributed by atoms with Gasteiger partial charge in [0.15, 0.2) is 0 Å². The maximum absolute atomic E-state index is 7.82. The van der Waals surface area contributed by atoms with E-state index in [2.05, 4.69) is 13.8 Å². The van der Waals surface area contributed by atoms with E-state index in [-0.39, 0.29) is 5.60 Å². The molecule has 0 bridgehead atoms. The molecule has 1 aliphatic heterocycles. The lowest BCUT2D eigenvalue weighted by molar-refractivity contribution is -0.0125. The van der Waals surface area contributed by atoms with E-state index >= 15 is 0 Å². The molecule has 0 aromatic heterocycles. The SMILES string of the molecule is CCCCC1(C)OCC2CC(=N)C(=N)CC21. The fourth-order valence-electron chi connectivity index (χ4n) is 3.12. The predicted molar refractivity (Wildman–Crippen MR) is 65.5 cm³/mol. The van der Waals surface area contributed by atoms with Crippen molar-refractivity contribution in [3.8, 4) is 0 Å². The smallest absolute Gasteiger partial charge is 0.0690 e. The Morgan fingerprint density at radius 2 is 2.00 bits per heavy atom.